The van der Waals surface area contributed by atoms with Gasteiger partial charge in [-0.25, -0.2) is 4.39 Å². The predicted molar refractivity (Wildman–Crippen MR) is 138 cm³/mol. The van der Waals surface area contributed by atoms with Gasteiger partial charge in [-0.15, -0.1) is 24.0 Å². The molecular weight excluding hydrogens is 522 g/mol. The van der Waals surface area contributed by atoms with E-state index in [1.165, 1.54) is 17.7 Å². The number of ether oxygens (including phenoxy) is 2. The molecule has 176 valence electrons. The van der Waals surface area contributed by atoms with Crippen LogP contribution < -0.4 is 15.4 Å². The molecule has 8 heteroatoms. The van der Waals surface area contributed by atoms with E-state index in [0.29, 0.717) is 19.8 Å². The lowest BCUT2D eigenvalue weighted by Gasteiger charge is -2.35. The Hall–Kier alpha value is -1.91. The minimum atomic E-state index is -0.220. The summed E-state index contributed by atoms with van der Waals surface area (Å²) < 4.78 is 24.3. The third-order valence-electron chi connectivity index (χ3n) is 5.61. The highest BCUT2D eigenvalue weighted by molar-refractivity contribution is 14.0. The van der Waals surface area contributed by atoms with Gasteiger partial charge in [0.2, 0.25) is 0 Å². The quantitative estimate of drug-likeness (QED) is 0.296. The summed E-state index contributed by atoms with van der Waals surface area (Å²) in [5, 5.41) is 6.82. The van der Waals surface area contributed by atoms with Gasteiger partial charge in [-0.2, -0.15) is 0 Å². The van der Waals surface area contributed by atoms with Crippen LogP contribution in [0.5, 0.6) is 5.75 Å². The fourth-order valence-electron chi connectivity index (χ4n) is 3.79. The van der Waals surface area contributed by atoms with Gasteiger partial charge in [-0.1, -0.05) is 24.3 Å². The number of morpholine rings is 1. The summed E-state index contributed by atoms with van der Waals surface area (Å²) in [6, 6.07) is 13.2. The van der Waals surface area contributed by atoms with Crippen molar-refractivity contribution in [2.75, 3.05) is 53.6 Å². The molecule has 0 bridgehead atoms. The lowest BCUT2D eigenvalue weighted by atomic mass is 10.0. The number of hydrogen-bond donors (Lipinski definition) is 2. The van der Waals surface area contributed by atoms with E-state index in [1.54, 1.807) is 14.2 Å². The van der Waals surface area contributed by atoms with Crippen LogP contribution in [-0.4, -0.2) is 64.4 Å². The van der Waals surface area contributed by atoms with Crippen molar-refractivity contribution in [1.29, 1.82) is 0 Å². The number of nitrogens with one attached hydrogen (secondary N) is 2. The molecule has 1 atom stereocenters. The van der Waals surface area contributed by atoms with Crippen molar-refractivity contribution in [3.8, 4) is 5.75 Å². The molecule has 0 aromatic heterocycles. The normalized spacial score (nSPS) is 15.6. The molecule has 6 nitrogen and oxygen atoms in total. The number of rotatable bonds is 8. The Kier molecular flexibility index (Phi) is 11.2. The summed E-state index contributed by atoms with van der Waals surface area (Å²) in [6.45, 7) is 6.60. The third kappa shape index (κ3) is 7.60. The first-order valence-corrected chi connectivity index (χ1v) is 10.8. The molecule has 1 fully saturated rings. The second kappa shape index (κ2) is 13.6. The van der Waals surface area contributed by atoms with Gasteiger partial charge < -0.3 is 20.1 Å². The number of aliphatic imine (C=N–C) groups is 1. The first kappa shape index (κ1) is 26.3. The van der Waals surface area contributed by atoms with Gasteiger partial charge in [0.05, 0.1) is 26.4 Å². The Morgan fingerprint density at radius 2 is 1.88 bits per heavy atom. The van der Waals surface area contributed by atoms with E-state index in [0.717, 1.165) is 48.9 Å². The second-order valence-electron chi connectivity index (χ2n) is 7.65. The van der Waals surface area contributed by atoms with Gasteiger partial charge in [0.15, 0.2) is 5.96 Å². The number of nitrogens with zero attached hydrogens (tertiary/aromatic N) is 2. The molecular formula is C24H34FIN4O2. The highest BCUT2D eigenvalue weighted by Gasteiger charge is 2.23. The predicted octanol–water partition coefficient (Wildman–Crippen LogP) is 3.54. The number of aryl methyl sites for hydroxylation is 1. The number of guanidine groups is 1. The van der Waals surface area contributed by atoms with Gasteiger partial charge >= 0.3 is 0 Å². The van der Waals surface area contributed by atoms with Gasteiger partial charge in [0.1, 0.15) is 11.6 Å². The van der Waals surface area contributed by atoms with E-state index >= 15 is 0 Å². The lowest BCUT2D eigenvalue weighted by Crippen LogP contribution is -2.46. The van der Waals surface area contributed by atoms with Gasteiger partial charge in [-0.05, 0) is 48.2 Å². The SMILES string of the molecule is CN=C(NCCc1ccc(C)c(OC)c1)NCC(c1ccc(F)cc1)N1CCOCC1.I. The summed E-state index contributed by atoms with van der Waals surface area (Å²) in [6.07, 6.45) is 0.863. The molecule has 0 saturated carbocycles. The third-order valence-corrected chi connectivity index (χ3v) is 5.61. The molecule has 1 aliphatic rings. The number of methoxy groups -OCH3 is 1. The second-order valence-corrected chi connectivity index (χ2v) is 7.65. The molecule has 1 unspecified atom stereocenters. The number of benzene rings is 2. The summed E-state index contributed by atoms with van der Waals surface area (Å²) in [5.41, 5.74) is 3.42. The summed E-state index contributed by atoms with van der Waals surface area (Å²) >= 11 is 0. The van der Waals surface area contributed by atoms with Crippen LogP contribution >= 0.6 is 24.0 Å². The maximum atomic E-state index is 13.4. The first-order valence-electron chi connectivity index (χ1n) is 10.8. The fraction of sp³-hybridized carbons (Fsp3) is 0.458. The highest BCUT2D eigenvalue weighted by Crippen LogP contribution is 2.22. The Morgan fingerprint density at radius 3 is 2.53 bits per heavy atom. The zero-order valence-corrected chi connectivity index (χ0v) is 21.4. The van der Waals surface area contributed by atoms with Crippen molar-refractivity contribution in [2.45, 2.75) is 19.4 Å². The Balaban J connectivity index is 0.00000363. The zero-order valence-electron chi connectivity index (χ0n) is 19.1. The van der Waals surface area contributed by atoms with E-state index in [9.17, 15) is 4.39 Å². The molecule has 2 aromatic rings. The topological polar surface area (TPSA) is 58.1 Å². The van der Waals surface area contributed by atoms with Gasteiger partial charge in [0, 0.05) is 33.2 Å². The van der Waals surface area contributed by atoms with Crippen LogP contribution in [0.4, 0.5) is 4.39 Å². The molecule has 1 saturated heterocycles. The van der Waals surface area contributed by atoms with Crippen LogP contribution in [0.3, 0.4) is 0 Å². The van der Waals surface area contributed by atoms with Crippen LogP contribution in [-0.2, 0) is 11.2 Å². The van der Waals surface area contributed by atoms with E-state index in [4.69, 9.17) is 9.47 Å². The van der Waals surface area contributed by atoms with E-state index in [2.05, 4.69) is 38.7 Å². The number of halogens is 2. The lowest BCUT2D eigenvalue weighted by molar-refractivity contribution is 0.0170. The minimum Gasteiger partial charge on any atom is -0.496 e. The monoisotopic (exact) mass is 556 g/mol. The Bertz CT molecular complexity index is 858. The number of hydrogen-bond acceptors (Lipinski definition) is 4. The maximum absolute atomic E-state index is 13.4. The standard InChI is InChI=1S/C24H33FN4O2.HI/c1-18-4-5-19(16-23(18)30-3)10-11-27-24(26-2)28-17-22(29-12-14-31-15-13-29)20-6-8-21(25)9-7-20;/h4-9,16,22H,10-15,17H2,1-3H3,(H2,26,27,28);1H. The van der Waals surface area contributed by atoms with Crippen molar-refractivity contribution in [2.24, 2.45) is 4.99 Å². The van der Waals surface area contributed by atoms with Crippen molar-refractivity contribution < 1.29 is 13.9 Å². The van der Waals surface area contributed by atoms with E-state index < -0.39 is 0 Å². The Labute approximate surface area is 207 Å². The molecule has 0 amide bonds. The molecule has 3 rings (SSSR count). The van der Waals surface area contributed by atoms with Crippen LogP contribution in [0, 0.1) is 12.7 Å². The zero-order chi connectivity index (χ0) is 22.1. The molecule has 0 spiro atoms. The van der Waals surface area contributed by atoms with Crippen molar-refractivity contribution in [3.05, 3.63) is 65.0 Å². The first-order chi connectivity index (χ1) is 15.1. The largest absolute Gasteiger partial charge is 0.496 e. The fourth-order valence-corrected chi connectivity index (χ4v) is 3.79. The highest BCUT2D eigenvalue weighted by atomic mass is 127. The molecule has 32 heavy (non-hydrogen) atoms. The summed E-state index contributed by atoms with van der Waals surface area (Å²) in [7, 11) is 3.47. The van der Waals surface area contributed by atoms with Crippen molar-refractivity contribution in [3.63, 3.8) is 0 Å². The van der Waals surface area contributed by atoms with Gasteiger partial charge in [0.25, 0.3) is 0 Å². The molecule has 2 N–H and O–H groups in total. The summed E-state index contributed by atoms with van der Waals surface area (Å²) in [5.74, 6) is 1.44. The van der Waals surface area contributed by atoms with Crippen LogP contribution in [0.1, 0.15) is 22.7 Å². The Morgan fingerprint density at radius 1 is 1.16 bits per heavy atom. The van der Waals surface area contributed by atoms with Crippen LogP contribution in [0.2, 0.25) is 0 Å². The van der Waals surface area contributed by atoms with E-state index in [-0.39, 0.29) is 35.8 Å². The smallest absolute Gasteiger partial charge is 0.191 e. The van der Waals surface area contributed by atoms with Crippen LogP contribution in [0.25, 0.3) is 0 Å². The van der Waals surface area contributed by atoms with Crippen LogP contribution in [0.15, 0.2) is 47.5 Å². The van der Waals surface area contributed by atoms with E-state index in [1.807, 2.05) is 19.1 Å². The van der Waals surface area contributed by atoms with Gasteiger partial charge in [-0.3, -0.25) is 9.89 Å². The van der Waals surface area contributed by atoms with Crippen molar-refractivity contribution in [1.82, 2.24) is 15.5 Å². The molecule has 1 heterocycles. The summed E-state index contributed by atoms with van der Waals surface area (Å²) in [4.78, 5) is 6.73. The molecule has 0 radical (unpaired) electrons. The average molecular weight is 556 g/mol. The average Bonchev–Trinajstić information content (AvgIpc) is 2.80. The molecule has 0 aliphatic carbocycles. The van der Waals surface area contributed by atoms with Crippen molar-refractivity contribution >= 4 is 29.9 Å². The minimum absolute atomic E-state index is 0. The molecule has 2 aromatic carbocycles. The molecule has 1 aliphatic heterocycles. The maximum Gasteiger partial charge on any atom is 0.191 e.